The van der Waals surface area contributed by atoms with E-state index in [4.69, 9.17) is 9.57 Å². The van der Waals surface area contributed by atoms with Crippen molar-refractivity contribution in [1.82, 2.24) is 4.90 Å². The molecule has 1 spiro atoms. The fourth-order valence-corrected chi connectivity index (χ4v) is 2.88. The standard InChI is InChI=1S/C15H24N2O3/c1-14(2,3)19-13(18)17-8-6-15(7-9-17)10-12(16-20-15)11-4-5-11/h11H,4-10H2,1-3H3. The second kappa shape index (κ2) is 4.64. The Hall–Kier alpha value is -1.26. The van der Waals surface area contributed by atoms with E-state index < -0.39 is 5.60 Å². The molecule has 0 bridgehead atoms. The van der Waals surface area contributed by atoms with Crippen molar-refractivity contribution in [3.63, 3.8) is 0 Å². The molecule has 2 heterocycles. The number of hydrogen-bond donors (Lipinski definition) is 0. The zero-order valence-corrected chi connectivity index (χ0v) is 12.6. The lowest BCUT2D eigenvalue weighted by Gasteiger charge is -2.37. The molecular weight excluding hydrogens is 256 g/mol. The van der Waals surface area contributed by atoms with Gasteiger partial charge in [-0.1, -0.05) is 5.16 Å². The summed E-state index contributed by atoms with van der Waals surface area (Å²) < 4.78 is 5.42. The van der Waals surface area contributed by atoms with Crippen LogP contribution in [0.2, 0.25) is 0 Å². The number of carbonyl (C=O) groups is 1. The van der Waals surface area contributed by atoms with Crippen molar-refractivity contribution >= 4 is 11.8 Å². The van der Waals surface area contributed by atoms with E-state index in [1.165, 1.54) is 18.6 Å². The first-order valence-corrected chi connectivity index (χ1v) is 7.60. The molecule has 1 aliphatic carbocycles. The van der Waals surface area contributed by atoms with Crippen LogP contribution in [0.4, 0.5) is 4.79 Å². The second-order valence-corrected chi connectivity index (χ2v) is 7.28. The summed E-state index contributed by atoms with van der Waals surface area (Å²) in [4.78, 5) is 19.6. The number of oxime groups is 1. The third-order valence-electron chi connectivity index (χ3n) is 4.23. The van der Waals surface area contributed by atoms with Crippen molar-refractivity contribution < 1.29 is 14.4 Å². The summed E-state index contributed by atoms with van der Waals surface area (Å²) in [6, 6.07) is 0. The summed E-state index contributed by atoms with van der Waals surface area (Å²) in [5.41, 5.74) is 0.671. The Morgan fingerprint density at radius 3 is 2.55 bits per heavy atom. The van der Waals surface area contributed by atoms with Crippen LogP contribution in [0.25, 0.3) is 0 Å². The summed E-state index contributed by atoms with van der Waals surface area (Å²) in [7, 11) is 0. The Balaban J connectivity index is 1.51. The van der Waals surface area contributed by atoms with E-state index >= 15 is 0 Å². The molecular formula is C15H24N2O3. The van der Waals surface area contributed by atoms with E-state index in [0.29, 0.717) is 19.0 Å². The number of hydrogen-bond acceptors (Lipinski definition) is 4. The molecule has 0 aromatic rings. The summed E-state index contributed by atoms with van der Waals surface area (Å²) in [5, 5.41) is 4.29. The highest BCUT2D eigenvalue weighted by molar-refractivity contribution is 5.90. The highest BCUT2D eigenvalue weighted by Gasteiger charge is 2.46. The Labute approximate surface area is 120 Å². The number of piperidine rings is 1. The van der Waals surface area contributed by atoms with E-state index in [9.17, 15) is 4.79 Å². The minimum Gasteiger partial charge on any atom is -0.444 e. The van der Waals surface area contributed by atoms with Crippen LogP contribution in [0.3, 0.4) is 0 Å². The smallest absolute Gasteiger partial charge is 0.410 e. The lowest BCUT2D eigenvalue weighted by atomic mass is 9.86. The Bertz CT molecular complexity index is 427. The molecule has 0 N–H and O–H groups in total. The lowest BCUT2D eigenvalue weighted by molar-refractivity contribution is -0.0639. The monoisotopic (exact) mass is 280 g/mol. The average molecular weight is 280 g/mol. The van der Waals surface area contributed by atoms with Crippen LogP contribution >= 0.6 is 0 Å². The van der Waals surface area contributed by atoms with E-state index in [0.717, 1.165) is 19.3 Å². The quantitative estimate of drug-likeness (QED) is 0.742. The molecule has 2 fully saturated rings. The van der Waals surface area contributed by atoms with Gasteiger partial charge in [0.15, 0.2) is 0 Å². The maximum atomic E-state index is 12.0. The normalized spacial score (nSPS) is 25.4. The van der Waals surface area contributed by atoms with Crippen LogP contribution < -0.4 is 0 Å². The first-order valence-electron chi connectivity index (χ1n) is 7.60. The molecule has 112 valence electrons. The van der Waals surface area contributed by atoms with Crippen LogP contribution in [0, 0.1) is 5.92 Å². The average Bonchev–Trinajstić information content (AvgIpc) is 3.12. The topological polar surface area (TPSA) is 51.1 Å². The van der Waals surface area contributed by atoms with Gasteiger partial charge in [0.1, 0.15) is 11.2 Å². The zero-order chi connectivity index (χ0) is 14.4. The van der Waals surface area contributed by atoms with Crippen molar-refractivity contribution in [3.8, 4) is 0 Å². The molecule has 1 saturated carbocycles. The van der Waals surface area contributed by atoms with Gasteiger partial charge in [-0.3, -0.25) is 0 Å². The van der Waals surface area contributed by atoms with Crippen LogP contribution in [-0.4, -0.2) is 41.0 Å². The van der Waals surface area contributed by atoms with E-state index in [1.807, 2.05) is 20.8 Å². The molecule has 0 aromatic carbocycles. The molecule has 5 nitrogen and oxygen atoms in total. The third kappa shape index (κ3) is 2.91. The third-order valence-corrected chi connectivity index (χ3v) is 4.23. The van der Waals surface area contributed by atoms with Crippen molar-refractivity contribution in [3.05, 3.63) is 0 Å². The molecule has 3 aliphatic rings. The summed E-state index contributed by atoms with van der Waals surface area (Å²) >= 11 is 0. The molecule has 3 rings (SSSR count). The number of likely N-dealkylation sites (tertiary alicyclic amines) is 1. The Morgan fingerprint density at radius 1 is 1.35 bits per heavy atom. The molecule has 5 heteroatoms. The first-order chi connectivity index (χ1) is 9.37. The van der Waals surface area contributed by atoms with Crippen LogP contribution in [0.15, 0.2) is 5.16 Å². The largest absolute Gasteiger partial charge is 0.444 e. The van der Waals surface area contributed by atoms with Crippen molar-refractivity contribution in [1.29, 1.82) is 0 Å². The molecule has 1 amide bonds. The number of rotatable bonds is 1. The highest BCUT2D eigenvalue weighted by atomic mass is 16.7. The summed E-state index contributed by atoms with van der Waals surface area (Å²) in [6.07, 6.45) is 4.98. The highest BCUT2D eigenvalue weighted by Crippen LogP contribution is 2.42. The predicted molar refractivity (Wildman–Crippen MR) is 75.6 cm³/mol. The number of amides is 1. The van der Waals surface area contributed by atoms with Gasteiger partial charge in [0, 0.05) is 38.3 Å². The van der Waals surface area contributed by atoms with Gasteiger partial charge in [0.05, 0.1) is 5.71 Å². The summed E-state index contributed by atoms with van der Waals surface area (Å²) in [6.45, 7) is 7.08. The molecule has 0 atom stereocenters. The van der Waals surface area contributed by atoms with Crippen LogP contribution in [0.5, 0.6) is 0 Å². The van der Waals surface area contributed by atoms with E-state index in [2.05, 4.69) is 5.16 Å². The first kappa shape index (κ1) is 13.7. The van der Waals surface area contributed by atoms with Gasteiger partial charge in [-0.25, -0.2) is 4.79 Å². The second-order valence-electron chi connectivity index (χ2n) is 7.28. The number of ether oxygens (including phenoxy) is 1. The molecule has 1 saturated heterocycles. The van der Waals surface area contributed by atoms with Gasteiger partial charge < -0.3 is 14.5 Å². The summed E-state index contributed by atoms with van der Waals surface area (Å²) in [5.74, 6) is 0.679. The van der Waals surface area contributed by atoms with Crippen molar-refractivity contribution in [2.24, 2.45) is 11.1 Å². The van der Waals surface area contributed by atoms with Gasteiger partial charge >= 0.3 is 6.09 Å². The molecule has 0 aromatic heterocycles. The fraction of sp³-hybridized carbons (Fsp3) is 0.867. The SMILES string of the molecule is CC(C)(C)OC(=O)N1CCC2(CC1)CC(C1CC1)=NO2. The Morgan fingerprint density at radius 2 is 2.00 bits per heavy atom. The number of nitrogens with zero attached hydrogens (tertiary/aromatic N) is 2. The Kier molecular flexibility index (Phi) is 3.18. The molecule has 0 radical (unpaired) electrons. The molecule has 0 unspecified atom stereocenters. The fourth-order valence-electron chi connectivity index (χ4n) is 2.88. The van der Waals surface area contributed by atoms with Crippen LogP contribution in [-0.2, 0) is 9.57 Å². The van der Waals surface area contributed by atoms with E-state index in [1.54, 1.807) is 4.90 Å². The van der Waals surface area contributed by atoms with Crippen molar-refractivity contribution in [2.75, 3.05) is 13.1 Å². The minimum atomic E-state index is -0.432. The van der Waals surface area contributed by atoms with Gasteiger partial charge in [-0.15, -0.1) is 0 Å². The van der Waals surface area contributed by atoms with Gasteiger partial charge in [0.25, 0.3) is 0 Å². The van der Waals surface area contributed by atoms with Gasteiger partial charge in [-0.05, 0) is 33.6 Å². The van der Waals surface area contributed by atoms with Gasteiger partial charge in [-0.2, -0.15) is 0 Å². The number of carbonyl (C=O) groups excluding carboxylic acids is 1. The molecule has 20 heavy (non-hydrogen) atoms. The van der Waals surface area contributed by atoms with Crippen molar-refractivity contribution in [2.45, 2.75) is 64.1 Å². The van der Waals surface area contributed by atoms with Crippen LogP contribution in [0.1, 0.15) is 52.9 Å². The minimum absolute atomic E-state index is 0.142. The zero-order valence-electron chi connectivity index (χ0n) is 12.6. The van der Waals surface area contributed by atoms with Gasteiger partial charge in [0.2, 0.25) is 0 Å². The van der Waals surface area contributed by atoms with E-state index in [-0.39, 0.29) is 11.7 Å². The predicted octanol–water partition coefficient (Wildman–Crippen LogP) is 2.94. The lowest BCUT2D eigenvalue weighted by Crippen LogP contribution is -2.48. The molecule has 2 aliphatic heterocycles. The maximum absolute atomic E-state index is 12.0. The maximum Gasteiger partial charge on any atom is 0.410 e.